The maximum absolute atomic E-state index is 11.5. The standard InChI is InChI=1S/C13H25N3O/c14-6-3-11-4-8-16(9-5-11)12-2-1-7-15-13(17)10-12/h11-12H,1-10,14H2,(H,15,17). The van der Waals surface area contributed by atoms with Gasteiger partial charge < -0.3 is 11.1 Å². The third-order valence-electron chi connectivity index (χ3n) is 4.20. The molecule has 0 bridgehead atoms. The summed E-state index contributed by atoms with van der Waals surface area (Å²) in [5.41, 5.74) is 5.61. The van der Waals surface area contributed by atoms with Gasteiger partial charge in [0.15, 0.2) is 0 Å². The van der Waals surface area contributed by atoms with Gasteiger partial charge in [-0.1, -0.05) is 0 Å². The molecule has 0 spiro atoms. The molecule has 2 saturated heterocycles. The number of hydrogen-bond acceptors (Lipinski definition) is 3. The van der Waals surface area contributed by atoms with Crippen molar-refractivity contribution >= 4 is 5.91 Å². The molecule has 2 rings (SSSR count). The van der Waals surface area contributed by atoms with Crippen LogP contribution in [0.5, 0.6) is 0 Å². The Kier molecular flexibility index (Phi) is 4.80. The number of rotatable bonds is 3. The van der Waals surface area contributed by atoms with Crippen molar-refractivity contribution in [2.75, 3.05) is 26.2 Å². The Bertz CT molecular complexity index is 249. The number of likely N-dealkylation sites (tertiary alicyclic amines) is 1. The van der Waals surface area contributed by atoms with E-state index in [0.717, 1.165) is 38.5 Å². The number of nitrogens with one attached hydrogen (secondary N) is 1. The van der Waals surface area contributed by atoms with Crippen LogP contribution in [0.2, 0.25) is 0 Å². The van der Waals surface area contributed by atoms with E-state index in [9.17, 15) is 4.79 Å². The van der Waals surface area contributed by atoms with Gasteiger partial charge in [-0.3, -0.25) is 9.69 Å². The lowest BCUT2D eigenvalue weighted by Crippen LogP contribution is -2.42. The Hall–Kier alpha value is -0.610. The summed E-state index contributed by atoms with van der Waals surface area (Å²) in [7, 11) is 0. The first kappa shape index (κ1) is 12.8. The van der Waals surface area contributed by atoms with E-state index in [1.807, 2.05) is 0 Å². The minimum absolute atomic E-state index is 0.233. The Morgan fingerprint density at radius 3 is 2.76 bits per heavy atom. The SMILES string of the molecule is NCCC1CCN(C2CCCNC(=O)C2)CC1. The number of carbonyl (C=O) groups excluding carboxylic acids is 1. The van der Waals surface area contributed by atoms with E-state index in [1.165, 1.54) is 25.7 Å². The highest BCUT2D eigenvalue weighted by Gasteiger charge is 2.27. The van der Waals surface area contributed by atoms with Crippen LogP contribution in [0.15, 0.2) is 0 Å². The van der Waals surface area contributed by atoms with E-state index in [2.05, 4.69) is 10.2 Å². The van der Waals surface area contributed by atoms with Gasteiger partial charge in [-0.15, -0.1) is 0 Å². The van der Waals surface area contributed by atoms with Crippen LogP contribution in [-0.2, 0) is 4.79 Å². The fourth-order valence-corrected chi connectivity index (χ4v) is 3.11. The van der Waals surface area contributed by atoms with Crippen molar-refractivity contribution in [1.29, 1.82) is 0 Å². The average molecular weight is 239 g/mol. The first-order valence-electron chi connectivity index (χ1n) is 7.00. The van der Waals surface area contributed by atoms with Crippen LogP contribution >= 0.6 is 0 Å². The van der Waals surface area contributed by atoms with Crippen LogP contribution in [0.25, 0.3) is 0 Å². The first-order chi connectivity index (χ1) is 8.29. The second-order valence-electron chi connectivity index (χ2n) is 5.41. The largest absolute Gasteiger partial charge is 0.356 e. The molecule has 2 heterocycles. The summed E-state index contributed by atoms with van der Waals surface area (Å²) in [5.74, 6) is 1.05. The lowest BCUT2D eigenvalue weighted by atomic mass is 9.92. The molecule has 0 radical (unpaired) electrons. The van der Waals surface area contributed by atoms with Gasteiger partial charge in [0, 0.05) is 19.0 Å². The maximum Gasteiger partial charge on any atom is 0.221 e. The van der Waals surface area contributed by atoms with Crippen molar-refractivity contribution < 1.29 is 4.79 Å². The zero-order valence-electron chi connectivity index (χ0n) is 10.7. The smallest absolute Gasteiger partial charge is 0.221 e. The van der Waals surface area contributed by atoms with Gasteiger partial charge in [0.25, 0.3) is 0 Å². The second kappa shape index (κ2) is 6.36. The fraction of sp³-hybridized carbons (Fsp3) is 0.923. The van der Waals surface area contributed by atoms with Crippen LogP contribution in [0.1, 0.15) is 38.5 Å². The zero-order chi connectivity index (χ0) is 12.1. The Labute approximate surface area is 104 Å². The molecule has 0 aromatic heterocycles. The molecule has 0 aromatic rings. The highest BCUT2D eigenvalue weighted by Crippen LogP contribution is 2.24. The number of carbonyl (C=O) groups is 1. The number of piperidine rings is 1. The molecule has 1 unspecified atom stereocenters. The summed E-state index contributed by atoms with van der Waals surface area (Å²) in [6, 6.07) is 0.483. The summed E-state index contributed by atoms with van der Waals surface area (Å²) in [5, 5.41) is 2.96. The molecule has 2 fully saturated rings. The molecular weight excluding hydrogens is 214 g/mol. The van der Waals surface area contributed by atoms with Gasteiger partial charge in [0.2, 0.25) is 5.91 Å². The van der Waals surface area contributed by atoms with E-state index >= 15 is 0 Å². The van der Waals surface area contributed by atoms with Gasteiger partial charge in [-0.2, -0.15) is 0 Å². The molecule has 17 heavy (non-hydrogen) atoms. The van der Waals surface area contributed by atoms with Gasteiger partial charge in [-0.05, 0) is 57.7 Å². The predicted molar refractivity (Wildman–Crippen MR) is 68.6 cm³/mol. The molecule has 4 heteroatoms. The van der Waals surface area contributed by atoms with Gasteiger partial charge >= 0.3 is 0 Å². The number of nitrogens with two attached hydrogens (primary N) is 1. The number of nitrogens with zero attached hydrogens (tertiary/aromatic N) is 1. The van der Waals surface area contributed by atoms with Crippen molar-refractivity contribution in [1.82, 2.24) is 10.2 Å². The monoisotopic (exact) mass is 239 g/mol. The van der Waals surface area contributed by atoms with E-state index in [0.29, 0.717) is 12.5 Å². The van der Waals surface area contributed by atoms with Gasteiger partial charge in [0.1, 0.15) is 0 Å². The van der Waals surface area contributed by atoms with E-state index in [4.69, 9.17) is 5.73 Å². The lowest BCUT2D eigenvalue weighted by Gasteiger charge is -2.36. The highest BCUT2D eigenvalue weighted by molar-refractivity contribution is 5.76. The van der Waals surface area contributed by atoms with Crippen molar-refractivity contribution in [3.8, 4) is 0 Å². The fourth-order valence-electron chi connectivity index (χ4n) is 3.11. The minimum atomic E-state index is 0.233. The summed E-state index contributed by atoms with van der Waals surface area (Å²) < 4.78 is 0. The molecular formula is C13H25N3O. The molecule has 0 aliphatic carbocycles. The van der Waals surface area contributed by atoms with E-state index in [1.54, 1.807) is 0 Å². The van der Waals surface area contributed by atoms with Crippen LogP contribution in [-0.4, -0.2) is 43.0 Å². The van der Waals surface area contributed by atoms with E-state index in [-0.39, 0.29) is 5.91 Å². The summed E-state index contributed by atoms with van der Waals surface area (Å²) in [6.45, 7) is 3.99. The van der Waals surface area contributed by atoms with Crippen LogP contribution < -0.4 is 11.1 Å². The van der Waals surface area contributed by atoms with Crippen LogP contribution in [0.3, 0.4) is 0 Å². The van der Waals surface area contributed by atoms with E-state index < -0.39 is 0 Å². The summed E-state index contributed by atoms with van der Waals surface area (Å²) in [4.78, 5) is 14.1. The molecule has 0 saturated carbocycles. The number of hydrogen-bond donors (Lipinski definition) is 2. The van der Waals surface area contributed by atoms with Gasteiger partial charge in [-0.25, -0.2) is 0 Å². The van der Waals surface area contributed by atoms with Crippen LogP contribution in [0, 0.1) is 5.92 Å². The van der Waals surface area contributed by atoms with Crippen molar-refractivity contribution in [3.63, 3.8) is 0 Å². The molecule has 3 N–H and O–H groups in total. The lowest BCUT2D eigenvalue weighted by molar-refractivity contribution is -0.121. The highest BCUT2D eigenvalue weighted by atomic mass is 16.1. The predicted octanol–water partition coefficient (Wildman–Crippen LogP) is 0.716. The molecule has 1 atom stereocenters. The quantitative estimate of drug-likeness (QED) is 0.763. The third-order valence-corrected chi connectivity index (χ3v) is 4.20. The molecule has 0 aromatic carbocycles. The van der Waals surface area contributed by atoms with Gasteiger partial charge in [0.05, 0.1) is 0 Å². The van der Waals surface area contributed by atoms with Crippen LogP contribution in [0.4, 0.5) is 0 Å². The van der Waals surface area contributed by atoms with Crippen molar-refractivity contribution in [2.24, 2.45) is 11.7 Å². The van der Waals surface area contributed by atoms with Crippen molar-refractivity contribution in [3.05, 3.63) is 0 Å². The Balaban J connectivity index is 1.80. The topological polar surface area (TPSA) is 58.4 Å². The first-order valence-corrected chi connectivity index (χ1v) is 7.00. The molecule has 2 aliphatic heterocycles. The molecule has 1 amide bonds. The zero-order valence-corrected chi connectivity index (χ0v) is 10.7. The third kappa shape index (κ3) is 3.68. The summed E-state index contributed by atoms with van der Waals surface area (Å²) >= 11 is 0. The Morgan fingerprint density at radius 1 is 1.29 bits per heavy atom. The summed E-state index contributed by atoms with van der Waals surface area (Å²) in [6.07, 6.45) is 6.67. The minimum Gasteiger partial charge on any atom is -0.356 e. The molecule has 4 nitrogen and oxygen atoms in total. The van der Waals surface area contributed by atoms with Crippen molar-refractivity contribution in [2.45, 2.75) is 44.6 Å². The Morgan fingerprint density at radius 2 is 2.06 bits per heavy atom. The molecule has 2 aliphatic rings. The maximum atomic E-state index is 11.5. The number of amides is 1. The normalized spacial score (nSPS) is 28.8. The second-order valence-corrected chi connectivity index (χ2v) is 5.41. The average Bonchev–Trinajstić information content (AvgIpc) is 2.55. The molecule has 98 valence electrons.